The Balaban J connectivity index is 1.75. The van der Waals surface area contributed by atoms with Crippen LogP contribution in [0.4, 0.5) is 5.69 Å². The SMILES string of the molecule is COC(=O)c1ccc([C@H]2Nc3c(OC)ccc(Cl)c3[C@H]3C=CC[C@H]32)cc1. The van der Waals surface area contributed by atoms with Gasteiger partial charge in [-0.3, -0.25) is 0 Å². The largest absolute Gasteiger partial charge is 0.495 e. The van der Waals surface area contributed by atoms with E-state index in [0.717, 1.165) is 34.0 Å². The zero-order chi connectivity index (χ0) is 18.3. The number of carbonyl (C=O) groups excluding carboxylic acids is 1. The van der Waals surface area contributed by atoms with Crippen molar-refractivity contribution in [2.75, 3.05) is 19.5 Å². The number of methoxy groups -OCH3 is 2. The van der Waals surface area contributed by atoms with Crippen LogP contribution in [0.15, 0.2) is 48.6 Å². The van der Waals surface area contributed by atoms with E-state index in [1.165, 1.54) is 7.11 Å². The van der Waals surface area contributed by atoms with Crippen molar-refractivity contribution < 1.29 is 14.3 Å². The van der Waals surface area contributed by atoms with E-state index in [0.29, 0.717) is 11.5 Å². The Morgan fingerprint density at radius 3 is 2.62 bits per heavy atom. The second-order valence-electron chi connectivity index (χ2n) is 6.63. The third-order valence-electron chi connectivity index (χ3n) is 5.34. The van der Waals surface area contributed by atoms with E-state index in [2.05, 4.69) is 17.5 Å². The summed E-state index contributed by atoms with van der Waals surface area (Å²) in [7, 11) is 3.06. The van der Waals surface area contributed by atoms with Crippen LogP contribution in [0.2, 0.25) is 5.02 Å². The van der Waals surface area contributed by atoms with Crippen molar-refractivity contribution in [1.82, 2.24) is 0 Å². The Morgan fingerprint density at radius 2 is 1.92 bits per heavy atom. The molecule has 2 aliphatic rings. The Labute approximate surface area is 157 Å². The van der Waals surface area contributed by atoms with Crippen LogP contribution in [0.1, 0.15) is 39.9 Å². The third kappa shape index (κ3) is 2.65. The quantitative estimate of drug-likeness (QED) is 0.613. The van der Waals surface area contributed by atoms with Gasteiger partial charge in [0.25, 0.3) is 0 Å². The van der Waals surface area contributed by atoms with E-state index in [9.17, 15) is 4.79 Å². The van der Waals surface area contributed by atoms with Crippen molar-refractivity contribution >= 4 is 23.3 Å². The molecule has 0 saturated carbocycles. The lowest BCUT2D eigenvalue weighted by Gasteiger charge is -2.38. The highest BCUT2D eigenvalue weighted by molar-refractivity contribution is 6.32. The van der Waals surface area contributed by atoms with Gasteiger partial charge in [-0.2, -0.15) is 0 Å². The number of allylic oxidation sites excluding steroid dienone is 2. The Morgan fingerprint density at radius 1 is 1.15 bits per heavy atom. The van der Waals surface area contributed by atoms with Crippen molar-refractivity contribution in [3.63, 3.8) is 0 Å². The van der Waals surface area contributed by atoms with E-state index in [-0.39, 0.29) is 17.9 Å². The van der Waals surface area contributed by atoms with Gasteiger partial charge in [0.15, 0.2) is 0 Å². The van der Waals surface area contributed by atoms with Gasteiger partial charge in [0.2, 0.25) is 0 Å². The predicted molar refractivity (Wildman–Crippen MR) is 102 cm³/mol. The number of fused-ring (bicyclic) bond motifs is 3. The van der Waals surface area contributed by atoms with Crippen molar-refractivity contribution in [3.05, 3.63) is 70.3 Å². The molecular weight excluding hydrogens is 350 g/mol. The molecule has 1 aliphatic heterocycles. The van der Waals surface area contributed by atoms with Crippen LogP contribution < -0.4 is 10.1 Å². The summed E-state index contributed by atoms with van der Waals surface area (Å²) in [5.74, 6) is 1.09. The number of anilines is 1. The Hall–Kier alpha value is -2.46. The Bertz CT molecular complexity index is 876. The number of rotatable bonds is 3. The van der Waals surface area contributed by atoms with Crippen LogP contribution in [0.3, 0.4) is 0 Å². The molecule has 0 amide bonds. The van der Waals surface area contributed by atoms with E-state index in [1.807, 2.05) is 36.4 Å². The van der Waals surface area contributed by atoms with Crippen LogP contribution in [0.25, 0.3) is 0 Å². The minimum atomic E-state index is -0.327. The molecule has 2 aromatic rings. The third-order valence-corrected chi connectivity index (χ3v) is 5.67. The minimum absolute atomic E-state index is 0.113. The highest BCUT2D eigenvalue weighted by Crippen LogP contribution is 2.54. The number of hydrogen-bond acceptors (Lipinski definition) is 4. The van der Waals surface area contributed by atoms with E-state index >= 15 is 0 Å². The van der Waals surface area contributed by atoms with Crippen molar-refractivity contribution in [2.45, 2.75) is 18.4 Å². The summed E-state index contributed by atoms with van der Waals surface area (Å²) < 4.78 is 10.3. The first-order valence-electron chi connectivity index (χ1n) is 8.62. The maximum absolute atomic E-state index is 11.7. The van der Waals surface area contributed by atoms with Crippen molar-refractivity contribution in [3.8, 4) is 5.75 Å². The van der Waals surface area contributed by atoms with Crippen LogP contribution in [0, 0.1) is 5.92 Å². The molecule has 5 heteroatoms. The number of carbonyl (C=O) groups is 1. The summed E-state index contributed by atoms with van der Waals surface area (Å²) in [4.78, 5) is 11.7. The molecule has 0 fully saturated rings. The van der Waals surface area contributed by atoms with Gasteiger partial charge >= 0.3 is 5.97 Å². The fourth-order valence-electron chi connectivity index (χ4n) is 4.08. The number of benzene rings is 2. The van der Waals surface area contributed by atoms with Gasteiger partial charge in [-0.15, -0.1) is 0 Å². The number of nitrogens with one attached hydrogen (secondary N) is 1. The summed E-state index contributed by atoms with van der Waals surface area (Å²) >= 11 is 6.52. The van der Waals surface area contributed by atoms with E-state index < -0.39 is 0 Å². The summed E-state index contributed by atoms with van der Waals surface area (Å²) in [5, 5.41) is 4.40. The van der Waals surface area contributed by atoms with Gasteiger partial charge in [-0.1, -0.05) is 35.9 Å². The number of hydrogen-bond donors (Lipinski definition) is 1. The van der Waals surface area contributed by atoms with Gasteiger partial charge in [-0.25, -0.2) is 4.79 Å². The van der Waals surface area contributed by atoms with Crippen LogP contribution in [-0.4, -0.2) is 20.2 Å². The molecule has 1 N–H and O–H groups in total. The fourth-order valence-corrected chi connectivity index (χ4v) is 4.37. The summed E-state index contributed by atoms with van der Waals surface area (Å²) in [5.41, 5.74) is 3.74. The Kier molecular flexibility index (Phi) is 4.37. The van der Waals surface area contributed by atoms with Gasteiger partial charge < -0.3 is 14.8 Å². The molecule has 26 heavy (non-hydrogen) atoms. The average Bonchev–Trinajstić information content (AvgIpc) is 3.16. The normalized spacial score (nSPS) is 23.0. The molecule has 134 valence electrons. The number of halogens is 1. The molecule has 0 spiro atoms. The molecule has 1 aliphatic carbocycles. The molecule has 4 nitrogen and oxygen atoms in total. The predicted octanol–water partition coefficient (Wildman–Crippen LogP) is 4.96. The topological polar surface area (TPSA) is 47.6 Å². The number of esters is 1. The molecule has 2 aromatic carbocycles. The molecule has 3 atom stereocenters. The lowest BCUT2D eigenvalue weighted by molar-refractivity contribution is 0.0600. The second-order valence-corrected chi connectivity index (χ2v) is 7.03. The summed E-state index contributed by atoms with van der Waals surface area (Å²) in [6.45, 7) is 0. The van der Waals surface area contributed by atoms with E-state index in [1.54, 1.807) is 7.11 Å². The second kappa shape index (κ2) is 6.69. The molecule has 4 rings (SSSR count). The monoisotopic (exact) mass is 369 g/mol. The zero-order valence-electron chi connectivity index (χ0n) is 14.7. The van der Waals surface area contributed by atoms with E-state index in [4.69, 9.17) is 21.1 Å². The maximum Gasteiger partial charge on any atom is 0.337 e. The van der Waals surface area contributed by atoms with Gasteiger partial charge in [-0.05, 0) is 42.2 Å². The fraction of sp³-hybridized carbons (Fsp3) is 0.286. The standard InChI is InChI=1S/C21H20ClNO3/c1-25-17-11-10-16(22)18-14-4-3-5-15(14)19(23-20(17)18)12-6-8-13(9-7-12)21(24)26-2/h3-4,6-11,14-15,19,23H,5H2,1-2H3/t14-,15+,19+/m0/s1. The van der Waals surface area contributed by atoms with Gasteiger partial charge in [0.1, 0.15) is 5.75 Å². The lowest BCUT2D eigenvalue weighted by Crippen LogP contribution is -2.29. The van der Waals surface area contributed by atoms with Gasteiger partial charge in [0.05, 0.1) is 31.5 Å². The average molecular weight is 370 g/mol. The molecule has 0 saturated heterocycles. The number of ether oxygens (including phenoxy) is 2. The van der Waals surface area contributed by atoms with Crippen LogP contribution in [0.5, 0.6) is 5.75 Å². The first-order chi connectivity index (χ1) is 12.6. The molecular formula is C21H20ClNO3. The van der Waals surface area contributed by atoms with Crippen LogP contribution in [-0.2, 0) is 4.74 Å². The lowest BCUT2D eigenvalue weighted by atomic mass is 9.76. The first kappa shape index (κ1) is 17.0. The van der Waals surface area contributed by atoms with Crippen LogP contribution >= 0.6 is 11.6 Å². The maximum atomic E-state index is 11.7. The highest BCUT2D eigenvalue weighted by Gasteiger charge is 2.40. The van der Waals surface area contributed by atoms with Crippen molar-refractivity contribution in [1.29, 1.82) is 0 Å². The molecule has 0 radical (unpaired) electrons. The highest BCUT2D eigenvalue weighted by atomic mass is 35.5. The molecule has 0 aromatic heterocycles. The zero-order valence-corrected chi connectivity index (χ0v) is 15.4. The molecule has 1 heterocycles. The van der Waals surface area contributed by atoms with Crippen molar-refractivity contribution in [2.24, 2.45) is 5.92 Å². The molecule has 0 bridgehead atoms. The first-order valence-corrected chi connectivity index (χ1v) is 8.99. The molecule has 0 unspecified atom stereocenters. The smallest absolute Gasteiger partial charge is 0.337 e. The minimum Gasteiger partial charge on any atom is -0.495 e. The summed E-state index contributed by atoms with van der Waals surface area (Å²) in [6.07, 6.45) is 5.44. The van der Waals surface area contributed by atoms with Gasteiger partial charge in [0, 0.05) is 16.5 Å². The summed E-state index contributed by atoms with van der Waals surface area (Å²) in [6, 6.07) is 11.5.